The first-order valence-electron chi connectivity index (χ1n) is 11.3. The Labute approximate surface area is 194 Å². The van der Waals surface area contributed by atoms with Crippen molar-refractivity contribution in [2.75, 3.05) is 13.2 Å². The third-order valence-electron chi connectivity index (χ3n) is 5.35. The van der Waals surface area contributed by atoms with Crippen molar-refractivity contribution < 1.29 is 19.1 Å². The molecule has 0 aromatic heterocycles. The third-order valence-corrected chi connectivity index (χ3v) is 10.4. The molecule has 176 valence electrons. The smallest absolute Gasteiger partial charge is 0.407 e. The Hall–Kier alpha value is -2.15. The van der Waals surface area contributed by atoms with Gasteiger partial charge in [0.15, 0.2) is 0 Å². The minimum atomic E-state index is -2.70. The molecule has 2 aromatic carbocycles. The van der Waals surface area contributed by atoms with Crippen LogP contribution >= 0.6 is 0 Å². The first-order valence-corrected chi connectivity index (χ1v) is 13.3. The molecule has 2 N–H and O–H groups in total. The monoisotopic (exact) mass is 457 g/mol. The number of aliphatic hydroxyl groups is 1. The summed E-state index contributed by atoms with van der Waals surface area (Å²) in [7, 11) is -2.70. The number of nitrogens with one attached hydrogen (secondary N) is 1. The second kappa shape index (κ2) is 11.1. The van der Waals surface area contributed by atoms with Gasteiger partial charge in [-0.3, -0.25) is 0 Å². The van der Waals surface area contributed by atoms with Crippen molar-refractivity contribution in [1.82, 2.24) is 5.32 Å². The lowest BCUT2D eigenvalue weighted by molar-refractivity contribution is 0.0479. The molecule has 32 heavy (non-hydrogen) atoms. The van der Waals surface area contributed by atoms with E-state index < -0.39 is 20.0 Å². The van der Waals surface area contributed by atoms with E-state index in [2.05, 4.69) is 74.6 Å². The van der Waals surface area contributed by atoms with Crippen LogP contribution in [0.15, 0.2) is 60.7 Å². The number of benzene rings is 2. The number of ether oxygens (including phenoxy) is 1. The summed E-state index contributed by atoms with van der Waals surface area (Å²) in [6, 6.07) is 20.6. The molecule has 0 heterocycles. The van der Waals surface area contributed by atoms with Gasteiger partial charge in [-0.05, 0) is 49.0 Å². The van der Waals surface area contributed by atoms with Gasteiger partial charge in [0.2, 0.25) is 0 Å². The topological polar surface area (TPSA) is 67.8 Å². The predicted molar refractivity (Wildman–Crippen MR) is 133 cm³/mol. The molecule has 2 rings (SSSR count). The summed E-state index contributed by atoms with van der Waals surface area (Å²) in [5.41, 5.74) is -0.579. The molecule has 1 amide bonds. The van der Waals surface area contributed by atoms with Crippen molar-refractivity contribution in [2.45, 2.75) is 71.1 Å². The highest BCUT2D eigenvalue weighted by molar-refractivity contribution is 6.99. The van der Waals surface area contributed by atoms with E-state index in [-0.39, 0.29) is 17.7 Å². The second-order valence-corrected chi connectivity index (χ2v) is 14.5. The zero-order chi connectivity index (χ0) is 23.8. The van der Waals surface area contributed by atoms with Crippen LogP contribution in [0.5, 0.6) is 0 Å². The van der Waals surface area contributed by atoms with Crippen molar-refractivity contribution in [3.05, 3.63) is 60.7 Å². The van der Waals surface area contributed by atoms with Crippen molar-refractivity contribution in [3.8, 4) is 0 Å². The SMILES string of the molecule is CC(C)(C)OC(=O)N[C@@H](CCCO)CO[Si](c1ccccc1)(c1ccccc1)C(C)(C)C. The molecule has 0 spiro atoms. The van der Waals surface area contributed by atoms with Crippen LogP contribution in [0.25, 0.3) is 0 Å². The first-order chi connectivity index (χ1) is 15.0. The average molecular weight is 458 g/mol. The van der Waals surface area contributed by atoms with Gasteiger partial charge >= 0.3 is 6.09 Å². The predicted octanol–water partition coefficient (Wildman–Crippen LogP) is 4.23. The van der Waals surface area contributed by atoms with Gasteiger partial charge in [0, 0.05) is 6.61 Å². The van der Waals surface area contributed by atoms with Crippen LogP contribution in [0, 0.1) is 0 Å². The van der Waals surface area contributed by atoms with Gasteiger partial charge < -0.3 is 19.6 Å². The quantitative estimate of drug-likeness (QED) is 0.553. The highest BCUT2D eigenvalue weighted by Crippen LogP contribution is 2.36. The Morgan fingerprint density at radius 3 is 1.84 bits per heavy atom. The van der Waals surface area contributed by atoms with Gasteiger partial charge in [-0.25, -0.2) is 4.79 Å². The number of aliphatic hydroxyl groups excluding tert-OH is 1. The highest BCUT2D eigenvalue weighted by atomic mass is 28.4. The summed E-state index contributed by atoms with van der Waals surface area (Å²) < 4.78 is 12.4. The fourth-order valence-electron chi connectivity index (χ4n) is 4.00. The fourth-order valence-corrected chi connectivity index (χ4v) is 8.60. The zero-order valence-electron chi connectivity index (χ0n) is 20.4. The number of amides is 1. The molecule has 0 saturated carbocycles. The van der Waals surface area contributed by atoms with Crippen molar-refractivity contribution >= 4 is 24.8 Å². The van der Waals surface area contributed by atoms with Gasteiger partial charge in [0.05, 0.1) is 12.6 Å². The summed E-state index contributed by atoms with van der Waals surface area (Å²) in [5, 5.41) is 14.6. The summed E-state index contributed by atoms with van der Waals surface area (Å²) in [6.07, 6.45) is 0.713. The summed E-state index contributed by atoms with van der Waals surface area (Å²) >= 11 is 0. The van der Waals surface area contributed by atoms with Crippen LogP contribution < -0.4 is 15.7 Å². The van der Waals surface area contributed by atoms with Crippen molar-refractivity contribution in [1.29, 1.82) is 0 Å². The van der Waals surface area contributed by atoms with Gasteiger partial charge in [-0.1, -0.05) is 81.4 Å². The molecule has 0 unspecified atom stereocenters. The lowest BCUT2D eigenvalue weighted by atomic mass is 10.2. The van der Waals surface area contributed by atoms with E-state index in [0.717, 1.165) is 0 Å². The Balaban J connectivity index is 2.40. The maximum Gasteiger partial charge on any atom is 0.407 e. The number of alkyl carbamates (subject to hydrolysis) is 1. The maximum atomic E-state index is 12.5. The molecule has 0 fully saturated rings. The van der Waals surface area contributed by atoms with Crippen LogP contribution in [-0.2, 0) is 9.16 Å². The number of carbonyl (C=O) groups is 1. The van der Waals surface area contributed by atoms with Crippen molar-refractivity contribution in [2.24, 2.45) is 0 Å². The molecule has 0 saturated heterocycles. The number of hydrogen-bond donors (Lipinski definition) is 2. The number of hydrogen-bond acceptors (Lipinski definition) is 4. The molecule has 0 radical (unpaired) electrons. The lowest BCUT2D eigenvalue weighted by Gasteiger charge is -2.43. The normalized spacial score (nSPS) is 13.5. The van der Waals surface area contributed by atoms with E-state index in [4.69, 9.17) is 9.16 Å². The zero-order valence-corrected chi connectivity index (χ0v) is 21.4. The van der Waals surface area contributed by atoms with Crippen LogP contribution in [0.2, 0.25) is 5.04 Å². The molecular formula is C26H39NO4Si. The maximum absolute atomic E-state index is 12.5. The van der Waals surface area contributed by atoms with E-state index in [1.807, 2.05) is 32.9 Å². The minimum Gasteiger partial charge on any atom is -0.444 e. The summed E-state index contributed by atoms with van der Waals surface area (Å²) in [4.78, 5) is 12.5. The minimum absolute atomic E-state index is 0.0612. The molecular weight excluding hydrogens is 418 g/mol. The number of carbonyl (C=O) groups excluding carboxylic acids is 1. The largest absolute Gasteiger partial charge is 0.444 e. The Bertz CT molecular complexity index is 789. The van der Waals surface area contributed by atoms with Gasteiger partial charge in [-0.15, -0.1) is 0 Å². The third kappa shape index (κ3) is 6.92. The van der Waals surface area contributed by atoms with Crippen LogP contribution in [0.1, 0.15) is 54.4 Å². The van der Waals surface area contributed by atoms with Crippen LogP contribution in [0.4, 0.5) is 4.79 Å². The molecule has 0 aliphatic carbocycles. The fraction of sp³-hybridized carbons (Fsp3) is 0.500. The highest BCUT2D eigenvalue weighted by Gasteiger charge is 2.50. The molecule has 1 atom stereocenters. The molecule has 6 heteroatoms. The Morgan fingerprint density at radius 2 is 1.44 bits per heavy atom. The van der Waals surface area contributed by atoms with Gasteiger partial charge in [-0.2, -0.15) is 0 Å². The summed E-state index contributed by atoms with van der Waals surface area (Å²) in [6.45, 7) is 12.6. The lowest BCUT2D eigenvalue weighted by Crippen LogP contribution is -2.67. The molecule has 0 bridgehead atoms. The Morgan fingerprint density at radius 1 is 0.938 bits per heavy atom. The molecule has 5 nitrogen and oxygen atoms in total. The van der Waals surface area contributed by atoms with Gasteiger partial charge in [0.1, 0.15) is 5.60 Å². The van der Waals surface area contributed by atoms with E-state index in [0.29, 0.717) is 19.4 Å². The second-order valence-electron chi connectivity index (χ2n) is 10.2. The van der Waals surface area contributed by atoms with E-state index in [1.165, 1.54) is 10.4 Å². The van der Waals surface area contributed by atoms with Crippen LogP contribution in [-0.4, -0.2) is 44.4 Å². The van der Waals surface area contributed by atoms with E-state index >= 15 is 0 Å². The van der Waals surface area contributed by atoms with E-state index in [1.54, 1.807) is 0 Å². The molecule has 0 aliphatic heterocycles. The van der Waals surface area contributed by atoms with Crippen molar-refractivity contribution in [3.63, 3.8) is 0 Å². The summed E-state index contributed by atoms with van der Waals surface area (Å²) in [5.74, 6) is 0. The average Bonchev–Trinajstić information content (AvgIpc) is 2.71. The first kappa shape index (κ1) is 26.1. The van der Waals surface area contributed by atoms with Crippen LogP contribution in [0.3, 0.4) is 0 Å². The van der Waals surface area contributed by atoms with E-state index in [9.17, 15) is 9.90 Å². The Kier molecular flexibility index (Phi) is 9.07. The molecule has 0 aliphatic rings. The van der Waals surface area contributed by atoms with Gasteiger partial charge in [0.25, 0.3) is 8.32 Å². The standard InChI is InChI=1S/C26H39NO4Si/c1-25(2,3)31-24(29)27-21(14-13-19-28)20-30-32(26(4,5)6,22-15-9-7-10-16-22)23-17-11-8-12-18-23/h7-12,15-18,21,28H,13-14,19-20H2,1-6H3,(H,27,29)/t21-/m0/s1. The number of rotatable bonds is 9. The molecule has 2 aromatic rings.